The summed E-state index contributed by atoms with van der Waals surface area (Å²) in [6, 6.07) is 0. The van der Waals surface area contributed by atoms with E-state index in [0.717, 1.165) is 12.2 Å². The number of hydrogen-bond donors (Lipinski definition) is 2. The van der Waals surface area contributed by atoms with Gasteiger partial charge in [0.25, 0.3) is 0 Å². The second-order valence-corrected chi connectivity index (χ2v) is 6.03. The lowest BCUT2D eigenvalue weighted by Crippen LogP contribution is -2.20. The topological polar surface area (TPSA) is 127 Å². The molecular formula is C19H20O8. The molecule has 2 aliphatic carbocycles. The van der Waals surface area contributed by atoms with E-state index in [2.05, 4.69) is 0 Å². The van der Waals surface area contributed by atoms with Crippen LogP contribution in [0.4, 0.5) is 0 Å². The molecule has 0 atom stereocenters. The zero-order valence-electron chi connectivity index (χ0n) is 15.0. The Labute approximate surface area is 155 Å². The van der Waals surface area contributed by atoms with Crippen LogP contribution >= 0.6 is 0 Å². The van der Waals surface area contributed by atoms with Crippen molar-refractivity contribution in [1.29, 1.82) is 0 Å². The van der Waals surface area contributed by atoms with Crippen LogP contribution in [-0.2, 0) is 28.7 Å². The van der Waals surface area contributed by atoms with Crippen molar-refractivity contribution in [1.82, 2.24) is 0 Å². The highest BCUT2D eigenvalue weighted by molar-refractivity contribution is 6.21. The molecule has 0 saturated heterocycles. The molecule has 0 aliphatic heterocycles. The number of carbonyl (C=O) groups excluding carboxylic acids is 4. The van der Waals surface area contributed by atoms with Crippen LogP contribution in [0.2, 0.25) is 0 Å². The molecule has 0 aromatic rings. The maximum atomic E-state index is 12.1. The summed E-state index contributed by atoms with van der Waals surface area (Å²) in [5.74, 6) is -3.81. The van der Waals surface area contributed by atoms with E-state index in [-0.39, 0.29) is 35.5 Å². The summed E-state index contributed by atoms with van der Waals surface area (Å²) in [6.07, 6.45) is 3.67. The number of unbranched alkanes of at least 4 members (excludes halogenated alkanes) is 2. The van der Waals surface area contributed by atoms with Crippen LogP contribution in [-0.4, -0.2) is 47.6 Å². The molecular weight excluding hydrogens is 356 g/mol. The quantitative estimate of drug-likeness (QED) is 0.486. The summed E-state index contributed by atoms with van der Waals surface area (Å²) in [6.45, 7) is 0. The molecule has 0 heterocycles. The number of rotatable bonds is 8. The van der Waals surface area contributed by atoms with E-state index in [1.54, 1.807) is 0 Å². The van der Waals surface area contributed by atoms with E-state index < -0.39 is 34.7 Å². The molecule has 0 aromatic heterocycles. The van der Waals surface area contributed by atoms with Crippen molar-refractivity contribution in [3.05, 3.63) is 46.3 Å². The molecule has 144 valence electrons. The molecule has 0 fully saturated rings. The molecule has 2 aliphatic rings. The van der Waals surface area contributed by atoms with Gasteiger partial charge in [0.2, 0.25) is 23.1 Å². The highest BCUT2D eigenvalue weighted by atomic mass is 16.5. The number of methoxy groups -OCH3 is 2. The molecule has 8 nitrogen and oxygen atoms in total. The minimum atomic E-state index is -0.679. The first-order chi connectivity index (χ1) is 12.8. The van der Waals surface area contributed by atoms with E-state index in [4.69, 9.17) is 9.47 Å². The number of Topliss-reactive ketones (excluding diaryl/α,β-unsaturated/α-hetero) is 2. The average molecular weight is 376 g/mol. The van der Waals surface area contributed by atoms with Crippen molar-refractivity contribution in [2.75, 3.05) is 14.2 Å². The summed E-state index contributed by atoms with van der Waals surface area (Å²) < 4.78 is 9.68. The van der Waals surface area contributed by atoms with Crippen molar-refractivity contribution in [2.24, 2.45) is 0 Å². The van der Waals surface area contributed by atoms with Gasteiger partial charge in [-0.25, -0.2) is 0 Å². The molecule has 2 rings (SSSR count). The molecule has 0 radical (unpaired) electrons. The van der Waals surface area contributed by atoms with Gasteiger partial charge in [-0.3, -0.25) is 19.2 Å². The normalized spacial score (nSPS) is 18.0. The molecule has 0 spiro atoms. The number of hydrogen-bond acceptors (Lipinski definition) is 8. The summed E-state index contributed by atoms with van der Waals surface area (Å²) in [7, 11) is 2.53. The van der Waals surface area contributed by atoms with Gasteiger partial charge in [-0.1, -0.05) is 6.42 Å². The zero-order valence-corrected chi connectivity index (χ0v) is 15.0. The van der Waals surface area contributed by atoms with Crippen LogP contribution < -0.4 is 0 Å². The second kappa shape index (κ2) is 8.48. The van der Waals surface area contributed by atoms with Gasteiger partial charge < -0.3 is 19.7 Å². The summed E-state index contributed by atoms with van der Waals surface area (Å²) >= 11 is 0. The molecule has 0 unspecified atom stereocenters. The van der Waals surface area contributed by atoms with E-state index in [9.17, 15) is 29.4 Å². The van der Waals surface area contributed by atoms with E-state index in [1.165, 1.54) is 14.2 Å². The molecule has 0 bridgehead atoms. The van der Waals surface area contributed by atoms with Crippen molar-refractivity contribution < 1.29 is 38.9 Å². The van der Waals surface area contributed by atoms with Crippen LogP contribution in [0, 0.1) is 0 Å². The van der Waals surface area contributed by atoms with Gasteiger partial charge in [0, 0.05) is 23.3 Å². The molecule has 0 aromatic carbocycles. The minimum Gasteiger partial charge on any atom is -0.504 e. The van der Waals surface area contributed by atoms with Gasteiger partial charge >= 0.3 is 0 Å². The molecule has 27 heavy (non-hydrogen) atoms. The first-order valence-electron chi connectivity index (χ1n) is 8.35. The van der Waals surface area contributed by atoms with E-state index in [0.29, 0.717) is 19.3 Å². The predicted molar refractivity (Wildman–Crippen MR) is 92.6 cm³/mol. The Morgan fingerprint density at radius 1 is 0.704 bits per heavy atom. The standard InChI is InChI=1S/C19H20O8/c1-26-14-8-12(20)16(22)10(18(14)24)6-4-3-5-7-11-17(23)13(21)9-15(27-2)19(11)25/h8-9,22-23H,3-7H2,1-2H3. The third-order valence-electron chi connectivity index (χ3n) is 4.35. The van der Waals surface area contributed by atoms with E-state index >= 15 is 0 Å². The molecule has 8 heteroatoms. The van der Waals surface area contributed by atoms with Crippen molar-refractivity contribution in [3.8, 4) is 0 Å². The monoisotopic (exact) mass is 376 g/mol. The fourth-order valence-electron chi connectivity index (χ4n) is 2.86. The third-order valence-corrected chi connectivity index (χ3v) is 4.35. The smallest absolute Gasteiger partial charge is 0.227 e. The van der Waals surface area contributed by atoms with Crippen molar-refractivity contribution in [3.63, 3.8) is 0 Å². The van der Waals surface area contributed by atoms with Crippen LogP contribution in [0.25, 0.3) is 0 Å². The Kier molecular flexibility index (Phi) is 6.33. The number of allylic oxidation sites excluding steroid dienone is 4. The zero-order chi connectivity index (χ0) is 20.1. The Bertz CT molecular complexity index is 755. The average Bonchev–Trinajstić information content (AvgIpc) is 2.65. The predicted octanol–water partition coefficient (Wildman–Crippen LogP) is 1.93. The Hall–Kier alpha value is -3.16. The van der Waals surface area contributed by atoms with Crippen LogP contribution in [0.1, 0.15) is 32.1 Å². The van der Waals surface area contributed by atoms with Gasteiger partial charge in [0.05, 0.1) is 14.2 Å². The SMILES string of the molecule is COC1=CC(=O)C(O)=C(CCCCCC2=C(O)C(=O)C=C(OC)C2=O)C1=O. The molecule has 0 amide bonds. The fraction of sp³-hybridized carbons (Fsp3) is 0.368. The Morgan fingerprint density at radius 2 is 1.07 bits per heavy atom. The minimum absolute atomic E-state index is 0.00469. The van der Waals surface area contributed by atoms with Gasteiger partial charge in [0.15, 0.2) is 23.0 Å². The number of ketones is 4. The van der Waals surface area contributed by atoms with Gasteiger partial charge in [-0.15, -0.1) is 0 Å². The summed E-state index contributed by atoms with van der Waals surface area (Å²) in [4.78, 5) is 47.5. The van der Waals surface area contributed by atoms with Crippen LogP contribution in [0.3, 0.4) is 0 Å². The number of aliphatic hydroxyl groups excluding tert-OH is 2. The lowest BCUT2D eigenvalue weighted by Gasteiger charge is -2.16. The maximum Gasteiger partial charge on any atom is 0.227 e. The Balaban J connectivity index is 1.91. The van der Waals surface area contributed by atoms with Gasteiger partial charge in [0.1, 0.15) is 0 Å². The lowest BCUT2D eigenvalue weighted by atomic mass is 9.92. The van der Waals surface area contributed by atoms with Crippen LogP contribution in [0.5, 0.6) is 0 Å². The second-order valence-electron chi connectivity index (χ2n) is 6.03. The highest BCUT2D eigenvalue weighted by Gasteiger charge is 2.30. The number of carbonyl (C=O) groups is 4. The lowest BCUT2D eigenvalue weighted by molar-refractivity contribution is -0.119. The van der Waals surface area contributed by atoms with Crippen molar-refractivity contribution >= 4 is 23.1 Å². The van der Waals surface area contributed by atoms with E-state index in [1.807, 2.05) is 0 Å². The first kappa shape index (κ1) is 20.2. The highest BCUT2D eigenvalue weighted by Crippen LogP contribution is 2.26. The summed E-state index contributed by atoms with van der Waals surface area (Å²) in [5.41, 5.74) is -0.00938. The third kappa shape index (κ3) is 4.16. The first-order valence-corrected chi connectivity index (χ1v) is 8.35. The molecule has 2 N–H and O–H groups in total. The number of ether oxygens (including phenoxy) is 2. The van der Waals surface area contributed by atoms with Crippen molar-refractivity contribution in [2.45, 2.75) is 32.1 Å². The maximum absolute atomic E-state index is 12.1. The number of aliphatic hydroxyl groups is 2. The van der Waals surface area contributed by atoms with Gasteiger partial charge in [-0.05, 0) is 25.7 Å². The Morgan fingerprint density at radius 3 is 1.41 bits per heavy atom. The van der Waals surface area contributed by atoms with Gasteiger partial charge in [-0.2, -0.15) is 0 Å². The summed E-state index contributed by atoms with van der Waals surface area (Å²) in [5, 5.41) is 19.6. The van der Waals surface area contributed by atoms with Crippen LogP contribution in [0.15, 0.2) is 46.3 Å². The fourth-order valence-corrected chi connectivity index (χ4v) is 2.86. The largest absolute Gasteiger partial charge is 0.504 e. The molecule has 0 saturated carbocycles.